The fourth-order valence-electron chi connectivity index (χ4n) is 0.898. The van der Waals surface area contributed by atoms with E-state index in [9.17, 15) is 0 Å². The van der Waals surface area contributed by atoms with Crippen molar-refractivity contribution in [3.63, 3.8) is 0 Å². The lowest BCUT2D eigenvalue weighted by atomic mass is 10.1. The molecule has 0 spiro atoms. The maximum Gasteiger partial charge on any atom is 0.0912 e. The summed E-state index contributed by atoms with van der Waals surface area (Å²) < 4.78 is 0. The summed E-state index contributed by atoms with van der Waals surface area (Å²) in [6.45, 7) is 0.558. The molecule has 0 saturated carbocycles. The third kappa shape index (κ3) is 2.22. The molecule has 2 heteroatoms. The van der Waals surface area contributed by atoms with Crippen LogP contribution in [0.15, 0.2) is 30.3 Å². The van der Waals surface area contributed by atoms with E-state index in [0.29, 0.717) is 6.54 Å². The molecule has 0 amide bonds. The molecule has 0 aliphatic carbocycles. The van der Waals surface area contributed by atoms with Crippen LogP contribution in [-0.2, 0) is 6.54 Å². The lowest BCUT2D eigenvalue weighted by Gasteiger charge is -1.95. The third-order valence-corrected chi connectivity index (χ3v) is 1.57. The van der Waals surface area contributed by atoms with Gasteiger partial charge in [0.25, 0.3) is 0 Å². The number of allylic oxidation sites excluding steroid dienone is 1. The van der Waals surface area contributed by atoms with Crippen molar-refractivity contribution in [3.05, 3.63) is 41.5 Å². The van der Waals surface area contributed by atoms with Crippen molar-refractivity contribution in [3.8, 4) is 6.07 Å². The second-order valence-electron chi connectivity index (χ2n) is 2.41. The van der Waals surface area contributed by atoms with E-state index < -0.39 is 0 Å². The summed E-state index contributed by atoms with van der Waals surface area (Å²) in [5.41, 5.74) is 7.55. The van der Waals surface area contributed by atoms with Crippen LogP contribution in [0.3, 0.4) is 0 Å². The van der Waals surface area contributed by atoms with Crippen molar-refractivity contribution in [1.82, 2.24) is 0 Å². The normalized spacial score (nSPS) is 10.0. The first-order valence-electron chi connectivity index (χ1n) is 3.72. The Balaban J connectivity index is 2.79. The zero-order valence-electron chi connectivity index (χ0n) is 6.70. The molecule has 12 heavy (non-hydrogen) atoms. The molecule has 0 aromatic heterocycles. The summed E-state index contributed by atoms with van der Waals surface area (Å²) in [6.07, 6.45) is 3.22. The Morgan fingerprint density at radius 1 is 1.33 bits per heavy atom. The van der Waals surface area contributed by atoms with Crippen molar-refractivity contribution in [1.29, 1.82) is 5.26 Å². The standard InChI is InChI=1S/C10H10N2/c11-7-1-2-9-3-5-10(8-12)6-4-9/h1-6H,8,12H2. The van der Waals surface area contributed by atoms with Gasteiger partial charge < -0.3 is 5.73 Å². The van der Waals surface area contributed by atoms with Gasteiger partial charge in [-0.15, -0.1) is 0 Å². The first-order chi connectivity index (χ1) is 5.86. The van der Waals surface area contributed by atoms with Crippen LogP contribution in [0.5, 0.6) is 0 Å². The monoisotopic (exact) mass is 158 g/mol. The van der Waals surface area contributed by atoms with E-state index in [1.807, 2.05) is 30.3 Å². The minimum Gasteiger partial charge on any atom is -0.326 e. The Hall–Kier alpha value is -1.59. The molecule has 2 N–H and O–H groups in total. The second kappa shape index (κ2) is 4.32. The van der Waals surface area contributed by atoms with E-state index in [-0.39, 0.29) is 0 Å². The van der Waals surface area contributed by atoms with Gasteiger partial charge in [-0.05, 0) is 17.2 Å². The highest BCUT2D eigenvalue weighted by molar-refractivity contribution is 5.51. The molecule has 2 nitrogen and oxygen atoms in total. The van der Waals surface area contributed by atoms with Gasteiger partial charge in [0.2, 0.25) is 0 Å². The van der Waals surface area contributed by atoms with Gasteiger partial charge >= 0.3 is 0 Å². The highest BCUT2D eigenvalue weighted by Gasteiger charge is 1.87. The van der Waals surface area contributed by atoms with E-state index in [4.69, 9.17) is 11.0 Å². The van der Waals surface area contributed by atoms with Gasteiger partial charge in [-0.1, -0.05) is 24.3 Å². The third-order valence-electron chi connectivity index (χ3n) is 1.57. The molecule has 0 aliphatic heterocycles. The first-order valence-corrected chi connectivity index (χ1v) is 3.72. The Labute approximate surface area is 71.9 Å². The van der Waals surface area contributed by atoms with E-state index in [1.165, 1.54) is 6.08 Å². The van der Waals surface area contributed by atoms with Crippen LogP contribution in [0.25, 0.3) is 6.08 Å². The van der Waals surface area contributed by atoms with E-state index in [0.717, 1.165) is 11.1 Å². The molecule has 0 fully saturated rings. The number of hydrogen-bond donors (Lipinski definition) is 1. The highest BCUT2D eigenvalue weighted by atomic mass is 14.5. The van der Waals surface area contributed by atoms with E-state index in [1.54, 1.807) is 6.08 Å². The van der Waals surface area contributed by atoms with Crippen LogP contribution >= 0.6 is 0 Å². The predicted octanol–water partition coefficient (Wildman–Crippen LogP) is 1.68. The van der Waals surface area contributed by atoms with E-state index >= 15 is 0 Å². The minimum atomic E-state index is 0.558. The maximum absolute atomic E-state index is 8.27. The van der Waals surface area contributed by atoms with Gasteiger partial charge in [0.15, 0.2) is 0 Å². The van der Waals surface area contributed by atoms with Gasteiger partial charge in [0.05, 0.1) is 6.07 Å². The number of rotatable bonds is 2. The van der Waals surface area contributed by atoms with Crippen molar-refractivity contribution in [2.24, 2.45) is 5.73 Å². The second-order valence-corrected chi connectivity index (χ2v) is 2.41. The van der Waals surface area contributed by atoms with Gasteiger partial charge in [0.1, 0.15) is 0 Å². The molecule has 0 aliphatic rings. The topological polar surface area (TPSA) is 49.8 Å². The van der Waals surface area contributed by atoms with Gasteiger partial charge in [-0.3, -0.25) is 0 Å². The fourth-order valence-corrected chi connectivity index (χ4v) is 0.898. The Kier molecular flexibility index (Phi) is 3.06. The van der Waals surface area contributed by atoms with Crippen molar-refractivity contribution in [2.45, 2.75) is 6.54 Å². The number of nitrogens with two attached hydrogens (primary N) is 1. The average Bonchev–Trinajstić information content (AvgIpc) is 2.15. The lowest BCUT2D eigenvalue weighted by molar-refractivity contribution is 1.07. The summed E-state index contributed by atoms with van der Waals surface area (Å²) in [6, 6.07) is 9.73. The number of hydrogen-bond acceptors (Lipinski definition) is 2. The molecule has 1 aromatic carbocycles. The predicted molar refractivity (Wildman–Crippen MR) is 49.0 cm³/mol. The van der Waals surface area contributed by atoms with Crippen molar-refractivity contribution >= 4 is 6.08 Å². The van der Waals surface area contributed by atoms with Crippen LogP contribution in [0.2, 0.25) is 0 Å². The molecule has 0 bridgehead atoms. The molecule has 1 aromatic rings. The molecule has 0 saturated heterocycles. The molecule has 0 radical (unpaired) electrons. The van der Waals surface area contributed by atoms with Gasteiger partial charge in [-0.2, -0.15) is 5.26 Å². The van der Waals surface area contributed by atoms with Gasteiger partial charge in [-0.25, -0.2) is 0 Å². The summed E-state index contributed by atoms with van der Waals surface area (Å²) in [5, 5.41) is 8.27. The fraction of sp³-hybridized carbons (Fsp3) is 0.100. The SMILES string of the molecule is N#CC=Cc1ccc(CN)cc1. The zero-order chi connectivity index (χ0) is 8.81. The maximum atomic E-state index is 8.27. The molecular formula is C10H10N2. The summed E-state index contributed by atoms with van der Waals surface area (Å²) in [4.78, 5) is 0. The summed E-state index contributed by atoms with van der Waals surface area (Å²) in [7, 11) is 0. The minimum absolute atomic E-state index is 0.558. The molecule has 0 atom stereocenters. The molecule has 1 rings (SSSR count). The van der Waals surface area contributed by atoms with Crippen LogP contribution in [-0.4, -0.2) is 0 Å². The molecule has 60 valence electrons. The smallest absolute Gasteiger partial charge is 0.0912 e. The van der Waals surface area contributed by atoms with Crippen molar-refractivity contribution in [2.75, 3.05) is 0 Å². The Bertz CT molecular complexity index is 304. The van der Waals surface area contributed by atoms with Crippen molar-refractivity contribution < 1.29 is 0 Å². The van der Waals surface area contributed by atoms with E-state index in [2.05, 4.69) is 0 Å². The first kappa shape index (κ1) is 8.51. The number of nitriles is 1. The quantitative estimate of drug-likeness (QED) is 0.666. The number of benzene rings is 1. The molecule has 0 heterocycles. The van der Waals surface area contributed by atoms with Crippen LogP contribution in [0.1, 0.15) is 11.1 Å². The van der Waals surface area contributed by atoms with Crippen LogP contribution in [0, 0.1) is 11.3 Å². The lowest BCUT2D eigenvalue weighted by Crippen LogP contribution is -1.94. The summed E-state index contributed by atoms with van der Waals surface area (Å²) in [5.74, 6) is 0. The van der Waals surface area contributed by atoms with Crippen LogP contribution < -0.4 is 5.73 Å². The Morgan fingerprint density at radius 3 is 2.50 bits per heavy atom. The highest BCUT2D eigenvalue weighted by Crippen LogP contribution is 2.04. The molecular weight excluding hydrogens is 148 g/mol. The molecule has 0 unspecified atom stereocenters. The largest absolute Gasteiger partial charge is 0.326 e. The number of nitrogens with zero attached hydrogens (tertiary/aromatic N) is 1. The Morgan fingerprint density at radius 2 is 2.00 bits per heavy atom. The zero-order valence-corrected chi connectivity index (χ0v) is 6.70. The average molecular weight is 158 g/mol. The summed E-state index contributed by atoms with van der Waals surface area (Å²) >= 11 is 0. The van der Waals surface area contributed by atoms with Crippen LogP contribution in [0.4, 0.5) is 0 Å². The van der Waals surface area contributed by atoms with Gasteiger partial charge in [0, 0.05) is 12.6 Å².